The number of fused-ring (bicyclic) bond motifs is 1. The number of hydrogen-bond acceptors (Lipinski definition) is 5. The van der Waals surface area contributed by atoms with Crippen molar-refractivity contribution in [2.45, 2.75) is 25.9 Å². The summed E-state index contributed by atoms with van der Waals surface area (Å²) < 4.78 is 3.36. The van der Waals surface area contributed by atoms with E-state index in [1.165, 1.54) is 12.2 Å². The summed E-state index contributed by atoms with van der Waals surface area (Å²) in [7, 11) is 0. The molecule has 0 aromatic carbocycles. The molecule has 0 atom stereocenters. The van der Waals surface area contributed by atoms with Gasteiger partial charge in [-0.25, -0.2) is 4.68 Å². The molecule has 0 fully saturated rings. The van der Waals surface area contributed by atoms with E-state index in [4.69, 9.17) is 11.5 Å². The van der Waals surface area contributed by atoms with Crippen LogP contribution in [-0.2, 0) is 17.9 Å². The second-order valence-electron chi connectivity index (χ2n) is 5.19. The summed E-state index contributed by atoms with van der Waals surface area (Å²) in [5.41, 5.74) is 12.8. The standard InChI is InChI=1S/C14H17N5O2/c1-8-6-10(11(20)7-9(8)15)17-12-13(16)18-4-2-3-5-19(18)14(12)21/h6-7,17H,1-5,15-16H2. The van der Waals surface area contributed by atoms with Gasteiger partial charge in [-0.05, 0) is 24.5 Å². The van der Waals surface area contributed by atoms with Crippen LogP contribution in [0.25, 0.3) is 0 Å². The van der Waals surface area contributed by atoms with E-state index in [2.05, 4.69) is 11.9 Å². The van der Waals surface area contributed by atoms with Crippen molar-refractivity contribution in [2.75, 3.05) is 11.1 Å². The first kappa shape index (κ1) is 13.3. The predicted octanol–water partition coefficient (Wildman–Crippen LogP) is 0.303. The highest BCUT2D eigenvalue weighted by Crippen LogP contribution is 2.23. The largest absolute Gasteiger partial charge is 0.398 e. The van der Waals surface area contributed by atoms with Crippen LogP contribution in [0.5, 0.6) is 0 Å². The number of nitrogen functional groups attached to an aromatic ring is 1. The molecule has 1 aromatic rings. The molecule has 3 rings (SSSR count). The first-order valence-corrected chi connectivity index (χ1v) is 6.77. The molecule has 0 saturated carbocycles. The van der Waals surface area contributed by atoms with E-state index in [9.17, 15) is 9.59 Å². The molecule has 21 heavy (non-hydrogen) atoms. The van der Waals surface area contributed by atoms with Gasteiger partial charge in [-0.3, -0.25) is 14.3 Å². The number of allylic oxidation sites excluding steroid dienone is 2. The van der Waals surface area contributed by atoms with Gasteiger partial charge < -0.3 is 16.8 Å². The summed E-state index contributed by atoms with van der Waals surface area (Å²) >= 11 is 0. The molecule has 1 aromatic heterocycles. The number of aromatic nitrogens is 2. The lowest BCUT2D eigenvalue weighted by Gasteiger charge is -2.17. The molecule has 0 saturated heterocycles. The summed E-state index contributed by atoms with van der Waals surface area (Å²) in [6.45, 7) is 5.09. The minimum absolute atomic E-state index is 0.214. The van der Waals surface area contributed by atoms with Gasteiger partial charge in [0.1, 0.15) is 11.5 Å². The maximum absolute atomic E-state index is 12.4. The van der Waals surface area contributed by atoms with E-state index in [-0.39, 0.29) is 22.7 Å². The van der Waals surface area contributed by atoms with Gasteiger partial charge in [0.15, 0.2) is 0 Å². The van der Waals surface area contributed by atoms with Crippen molar-refractivity contribution in [3.8, 4) is 0 Å². The molecule has 0 bridgehead atoms. The average molecular weight is 287 g/mol. The smallest absolute Gasteiger partial charge is 0.292 e. The van der Waals surface area contributed by atoms with Crippen LogP contribution in [0.1, 0.15) is 12.8 Å². The Morgan fingerprint density at radius 3 is 2.43 bits per heavy atom. The Labute approximate surface area is 121 Å². The second-order valence-corrected chi connectivity index (χ2v) is 5.19. The van der Waals surface area contributed by atoms with E-state index in [0.29, 0.717) is 30.2 Å². The molecular weight excluding hydrogens is 270 g/mol. The monoisotopic (exact) mass is 287 g/mol. The topological polar surface area (TPSA) is 108 Å². The fraction of sp³-hybridized carbons (Fsp3) is 0.286. The fourth-order valence-electron chi connectivity index (χ4n) is 2.58. The van der Waals surface area contributed by atoms with Gasteiger partial charge in [-0.15, -0.1) is 0 Å². The molecule has 7 heteroatoms. The van der Waals surface area contributed by atoms with Crippen LogP contribution in [0, 0.1) is 0 Å². The SMILES string of the molecule is C=C1C=C(Nc2c(N)n3n(c2=O)CCCC3)C(=O)C=C1N. The molecule has 0 radical (unpaired) electrons. The summed E-state index contributed by atoms with van der Waals surface area (Å²) in [5, 5.41) is 2.85. The zero-order chi connectivity index (χ0) is 15.1. The maximum atomic E-state index is 12.4. The van der Waals surface area contributed by atoms with Gasteiger partial charge in [-0.2, -0.15) is 0 Å². The van der Waals surface area contributed by atoms with E-state index in [1.807, 2.05) is 0 Å². The molecule has 0 unspecified atom stereocenters. The van der Waals surface area contributed by atoms with Gasteiger partial charge in [0.05, 0.1) is 5.70 Å². The third-order valence-corrected chi connectivity index (χ3v) is 3.76. The van der Waals surface area contributed by atoms with Gasteiger partial charge in [0, 0.05) is 24.9 Å². The normalized spacial score (nSPS) is 18.1. The lowest BCUT2D eigenvalue weighted by molar-refractivity contribution is -0.111. The number of nitrogens with one attached hydrogen (secondary N) is 1. The Hall–Kier alpha value is -2.70. The second kappa shape index (κ2) is 4.69. The third-order valence-electron chi connectivity index (χ3n) is 3.76. The van der Waals surface area contributed by atoms with E-state index < -0.39 is 0 Å². The quantitative estimate of drug-likeness (QED) is 0.725. The van der Waals surface area contributed by atoms with Gasteiger partial charge in [0.2, 0.25) is 5.78 Å². The number of hydrogen-bond donors (Lipinski definition) is 3. The van der Waals surface area contributed by atoms with Crippen molar-refractivity contribution in [2.24, 2.45) is 5.73 Å². The predicted molar refractivity (Wildman–Crippen MR) is 80.5 cm³/mol. The molecule has 0 amide bonds. The Kier molecular flexibility index (Phi) is 2.97. The molecule has 110 valence electrons. The van der Waals surface area contributed by atoms with Crippen LogP contribution < -0.4 is 22.3 Å². The number of nitrogens with zero attached hydrogens (tertiary/aromatic N) is 2. The van der Waals surface area contributed by atoms with Crippen LogP contribution in [0.2, 0.25) is 0 Å². The highest BCUT2D eigenvalue weighted by molar-refractivity contribution is 6.08. The molecule has 0 spiro atoms. The number of carbonyl (C=O) groups is 1. The lowest BCUT2D eigenvalue weighted by atomic mass is 10.0. The molecule has 1 aliphatic carbocycles. The lowest BCUT2D eigenvalue weighted by Crippen LogP contribution is -2.28. The van der Waals surface area contributed by atoms with Crippen molar-refractivity contribution >= 4 is 17.3 Å². The number of anilines is 2. The van der Waals surface area contributed by atoms with Crippen molar-refractivity contribution in [3.05, 3.63) is 46.1 Å². The van der Waals surface area contributed by atoms with E-state index in [1.54, 1.807) is 9.36 Å². The minimum Gasteiger partial charge on any atom is -0.398 e. The Morgan fingerprint density at radius 1 is 1.10 bits per heavy atom. The average Bonchev–Trinajstić information content (AvgIpc) is 2.70. The van der Waals surface area contributed by atoms with Crippen molar-refractivity contribution in [1.29, 1.82) is 0 Å². The number of rotatable bonds is 2. The molecule has 2 aliphatic rings. The van der Waals surface area contributed by atoms with Gasteiger partial charge in [-0.1, -0.05) is 6.58 Å². The van der Waals surface area contributed by atoms with Crippen LogP contribution in [0.15, 0.2) is 40.5 Å². The number of ketones is 1. The highest BCUT2D eigenvalue weighted by Gasteiger charge is 2.23. The highest BCUT2D eigenvalue weighted by atomic mass is 16.1. The van der Waals surface area contributed by atoms with Crippen LogP contribution >= 0.6 is 0 Å². The third kappa shape index (κ3) is 2.06. The van der Waals surface area contributed by atoms with Crippen LogP contribution in [0.3, 0.4) is 0 Å². The zero-order valence-electron chi connectivity index (χ0n) is 11.6. The maximum Gasteiger partial charge on any atom is 0.292 e. The molecule has 7 nitrogen and oxygen atoms in total. The van der Waals surface area contributed by atoms with E-state index >= 15 is 0 Å². The minimum atomic E-state index is -0.298. The summed E-state index contributed by atoms with van der Waals surface area (Å²) in [4.78, 5) is 24.3. The Bertz CT molecular complexity index is 763. The molecule has 5 N–H and O–H groups in total. The Balaban J connectivity index is 1.98. The first-order chi connectivity index (χ1) is 9.99. The zero-order valence-corrected chi connectivity index (χ0v) is 11.6. The van der Waals surface area contributed by atoms with Gasteiger partial charge >= 0.3 is 0 Å². The van der Waals surface area contributed by atoms with Crippen LogP contribution in [-0.4, -0.2) is 15.1 Å². The first-order valence-electron chi connectivity index (χ1n) is 6.77. The Morgan fingerprint density at radius 2 is 1.76 bits per heavy atom. The summed E-state index contributed by atoms with van der Waals surface area (Å²) in [6, 6.07) is 0. The molecule has 2 heterocycles. The summed E-state index contributed by atoms with van der Waals surface area (Å²) in [6.07, 6.45) is 4.74. The van der Waals surface area contributed by atoms with E-state index in [0.717, 1.165) is 12.8 Å². The summed E-state index contributed by atoms with van der Waals surface area (Å²) in [5.74, 6) is 0.0504. The number of carbonyl (C=O) groups excluding carboxylic acids is 1. The number of nitrogens with two attached hydrogens (primary N) is 2. The molecular formula is C14H17N5O2. The van der Waals surface area contributed by atoms with Crippen molar-refractivity contribution < 1.29 is 4.79 Å². The van der Waals surface area contributed by atoms with Gasteiger partial charge in [0.25, 0.3) is 5.56 Å². The molecule has 1 aliphatic heterocycles. The van der Waals surface area contributed by atoms with Crippen LogP contribution in [0.4, 0.5) is 11.5 Å². The fourth-order valence-corrected chi connectivity index (χ4v) is 2.58. The van der Waals surface area contributed by atoms with Crippen molar-refractivity contribution in [3.63, 3.8) is 0 Å². The van der Waals surface area contributed by atoms with Crippen molar-refractivity contribution in [1.82, 2.24) is 9.36 Å².